The smallest absolute Gasteiger partial charge is 0.371 e. The van der Waals surface area contributed by atoms with Crippen LogP contribution in [0.25, 0.3) is 17.0 Å². The maximum atomic E-state index is 13.4. The van der Waals surface area contributed by atoms with Crippen molar-refractivity contribution < 1.29 is 23.9 Å². The molecule has 0 bridgehead atoms. The predicted octanol–water partition coefficient (Wildman–Crippen LogP) is 4.57. The summed E-state index contributed by atoms with van der Waals surface area (Å²) in [7, 11) is 0. The first-order valence-corrected chi connectivity index (χ1v) is 11.6. The second-order valence-corrected chi connectivity index (χ2v) is 9.04. The number of carboxylic acids is 1. The summed E-state index contributed by atoms with van der Waals surface area (Å²) in [6.07, 6.45) is 3.33. The van der Waals surface area contributed by atoms with Crippen molar-refractivity contribution in [1.82, 2.24) is 9.88 Å². The summed E-state index contributed by atoms with van der Waals surface area (Å²) in [6, 6.07) is 17.5. The van der Waals surface area contributed by atoms with E-state index in [2.05, 4.69) is 21.2 Å². The Morgan fingerprint density at radius 3 is 2.54 bits per heavy atom. The molecule has 2 N–H and O–H groups in total. The van der Waals surface area contributed by atoms with Crippen LogP contribution in [0.3, 0.4) is 0 Å². The molecule has 0 aliphatic carbocycles. The first-order chi connectivity index (χ1) is 16.8. The molecule has 2 aromatic carbocycles. The van der Waals surface area contributed by atoms with E-state index in [9.17, 15) is 14.4 Å². The van der Waals surface area contributed by atoms with Crippen LogP contribution in [-0.2, 0) is 16.1 Å². The van der Waals surface area contributed by atoms with E-state index < -0.39 is 17.8 Å². The van der Waals surface area contributed by atoms with Crippen molar-refractivity contribution in [3.63, 3.8) is 0 Å². The number of benzene rings is 2. The first kappa shape index (κ1) is 22.8. The Kier molecular flexibility index (Phi) is 5.83. The van der Waals surface area contributed by atoms with Crippen molar-refractivity contribution in [2.24, 2.45) is 0 Å². The van der Waals surface area contributed by atoms with Crippen molar-refractivity contribution in [2.45, 2.75) is 6.54 Å². The number of carbonyl (C=O) groups is 3. The van der Waals surface area contributed by atoms with Gasteiger partial charge in [-0.3, -0.25) is 19.8 Å². The van der Waals surface area contributed by atoms with E-state index in [1.165, 1.54) is 17.0 Å². The van der Waals surface area contributed by atoms with Gasteiger partial charge in [-0.05, 0) is 60.8 Å². The summed E-state index contributed by atoms with van der Waals surface area (Å²) < 4.78 is 8.11. The molecule has 0 atom stereocenters. The molecule has 5 rings (SSSR count). The van der Waals surface area contributed by atoms with Crippen molar-refractivity contribution in [2.75, 3.05) is 4.90 Å². The molecule has 10 heteroatoms. The SMILES string of the molecule is O=C1NC(=S)N(c2ccc(Br)cc2)C(=O)/C1=C/c1cn(Cc2ccc(C(=O)O)o2)c2ccccc12. The number of rotatable bonds is 5. The molecule has 1 aliphatic rings. The Labute approximate surface area is 212 Å². The lowest BCUT2D eigenvalue weighted by atomic mass is 10.1. The van der Waals surface area contributed by atoms with Crippen LogP contribution in [0.4, 0.5) is 5.69 Å². The van der Waals surface area contributed by atoms with Gasteiger partial charge >= 0.3 is 5.97 Å². The standard InChI is InChI=1S/C25H16BrN3O5S/c26-15-5-7-16(8-6-15)29-23(31)19(22(30)27-25(29)35)11-14-12-28(20-4-2-1-3-18(14)20)13-17-9-10-21(34-17)24(32)33/h1-12H,13H2,(H,32,33)(H,27,30,35)/b19-11+. The number of hydrogen-bond acceptors (Lipinski definition) is 5. The monoisotopic (exact) mass is 549 g/mol. The van der Waals surface area contributed by atoms with Gasteiger partial charge in [-0.25, -0.2) is 4.79 Å². The molecule has 1 aliphatic heterocycles. The number of thiocarbonyl (C=S) groups is 1. The first-order valence-electron chi connectivity index (χ1n) is 10.4. The van der Waals surface area contributed by atoms with E-state index in [1.54, 1.807) is 36.5 Å². The fourth-order valence-electron chi connectivity index (χ4n) is 3.90. The van der Waals surface area contributed by atoms with E-state index in [-0.39, 0.29) is 23.0 Å². The Morgan fingerprint density at radius 2 is 1.83 bits per heavy atom. The molecule has 3 heterocycles. The fraction of sp³-hybridized carbons (Fsp3) is 0.0400. The number of furan rings is 1. The number of anilines is 1. The van der Waals surface area contributed by atoms with E-state index >= 15 is 0 Å². The molecule has 1 fully saturated rings. The summed E-state index contributed by atoms with van der Waals surface area (Å²) in [5, 5.41) is 12.5. The molecule has 0 spiro atoms. The van der Waals surface area contributed by atoms with Crippen molar-refractivity contribution in [3.8, 4) is 0 Å². The van der Waals surface area contributed by atoms with Crippen LogP contribution in [0.2, 0.25) is 0 Å². The van der Waals surface area contributed by atoms with Gasteiger partial charge in [0, 0.05) is 27.1 Å². The highest BCUT2D eigenvalue weighted by atomic mass is 79.9. The summed E-state index contributed by atoms with van der Waals surface area (Å²) in [4.78, 5) is 38.5. The van der Waals surface area contributed by atoms with E-state index in [0.29, 0.717) is 17.0 Å². The van der Waals surface area contributed by atoms with Crippen molar-refractivity contribution in [1.29, 1.82) is 0 Å². The zero-order valence-electron chi connectivity index (χ0n) is 17.9. The van der Waals surface area contributed by atoms with Gasteiger partial charge in [0.15, 0.2) is 5.11 Å². The zero-order valence-corrected chi connectivity index (χ0v) is 20.3. The summed E-state index contributed by atoms with van der Waals surface area (Å²) >= 11 is 8.63. The fourth-order valence-corrected chi connectivity index (χ4v) is 4.45. The third kappa shape index (κ3) is 4.29. The van der Waals surface area contributed by atoms with Gasteiger partial charge in [0.2, 0.25) is 5.76 Å². The topological polar surface area (TPSA) is 105 Å². The number of amides is 2. The second-order valence-electron chi connectivity index (χ2n) is 7.73. The number of nitrogens with one attached hydrogen (secondary N) is 1. The van der Waals surface area contributed by atoms with Gasteiger partial charge < -0.3 is 14.1 Å². The van der Waals surface area contributed by atoms with Crippen LogP contribution >= 0.6 is 28.1 Å². The number of carboxylic acid groups (broad SMARTS) is 1. The molecule has 174 valence electrons. The average Bonchev–Trinajstić information content (AvgIpc) is 3.43. The highest BCUT2D eigenvalue weighted by Gasteiger charge is 2.34. The molecule has 0 unspecified atom stereocenters. The van der Waals surface area contributed by atoms with E-state index in [4.69, 9.17) is 21.7 Å². The number of aromatic nitrogens is 1. The predicted molar refractivity (Wildman–Crippen MR) is 137 cm³/mol. The van der Waals surface area contributed by atoms with Gasteiger partial charge in [0.05, 0.1) is 12.2 Å². The van der Waals surface area contributed by atoms with Crippen LogP contribution in [0.1, 0.15) is 21.9 Å². The molecular weight excluding hydrogens is 534 g/mol. The average molecular weight is 550 g/mol. The molecule has 8 nitrogen and oxygen atoms in total. The molecule has 4 aromatic rings. The minimum absolute atomic E-state index is 0.00829. The number of nitrogens with zero attached hydrogens (tertiary/aromatic N) is 2. The van der Waals surface area contributed by atoms with Crippen LogP contribution < -0.4 is 10.2 Å². The lowest BCUT2D eigenvalue weighted by molar-refractivity contribution is -0.122. The Morgan fingerprint density at radius 1 is 1.09 bits per heavy atom. The van der Waals surface area contributed by atoms with Gasteiger partial charge in [0.25, 0.3) is 11.8 Å². The Balaban J connectivity index is 1.54. The number of hydrogen-bond donors (Lipinski definition) is 2. The van der Waals surface area contributed by atoms with Crippen molar-refractivity contribution >= 4 is 73.7 Å². The maximum absolute atomic E-state index is 13.4. The lowest BCUT2D eigenvalue weighted by Crippen LogP contribution is -2.54. The van der Waals surface area contributed by atoms with Gasteiger partial charge in [-0.2, -0.15) is 0 Å². The highest BCUT2D eigenvalue weighted by Crippen LogP contribution is 2.28. The second kappa shape index (κ2) is 8.97. The van der Waals surface area contributed by atoms with Gasteiger partial charge in [0.1, 0.15) is 11.3 Å². The van der Waals surface area contributed by atoms with E-state index in [0.717, 1.165) is 15.4 Å². The van der Waals surface area contributed by atoms with Crippen LogP contribution in [0, 0.1) is 0 Å². The molecule has 1 saturated heterocycles. The summed E-state index contributed by atoms with van der Waals surface area (Å²) in [6.45, 7) is 0.270. The third-order valence-electron chi connectivity index (χ3n) is 5.50. The minimum Gasteiger partial charge on any atom is -0.475 e. The Bertz CT molecular complexity index is 1550. The number of halogens is 1. The van der Waals surface area contributed by atoms with Crippen molar-refractivity contribution in [3.05, 3.63) is 94.0 Å². The van der Waals surface area contributed by atoms with Crippen LogP contribution in [0.15, 0.2) is 81.3 Å². The zero-order chi connectivity index (χ0) is 24.7. The number of fused-ring (bicyclic) bond motifs is 1. The quantitative estimate of drug-likeness (QED) is 0.214. The van der Waals surface area contributed by atoms with Gasteiger partial charge in [-0.1, -0.05) is 34.1 Å². The molecule has 0 saturated carbocycles. The van der Waals surface area contributed by atoms with Crippen LogP contribution in [0.5, 0.6) is 0 Å². The molecule has 0 radical (unpaired) electrons. The summed E-state index contributed by atoms with van der Waals surface area (Å²) in [5.74, 6) is -1.95. The summed E-state index contributed by atoms with van der Waals surface area (Å²) in [5.41, 5.74) is 1.95. The minimum atomic E-state index is -1.14. The normalized spacial score (nSPS) is 15.2. The number of aromatic carboxylic acids is 1. The molecule has 2 aromatic heterocycles. The van der Waals surface area contributed by atoms with Gasteiger partial charge in [-0.15, -0.1) is 0 Å². The number of para-hydroxylation sites is 1. The third-order valence-corrected chi connectivity index (χ3v) is 6.32. The van der Waals surface area contributed by atoms with Crippen LogP contribution in [-0.4, -0.2) is 32.6 Å². The number of carbonyl (C=O) groups excluding carboxylic acids is 2. The molecule has 35 heavy (non-hydrogen) atoms. The Hall–Kier alpha value is -4.02. The maximum Gasteiger partial charge on any atom is 0.371 e. The lowest BCUT2D eigenvalue weighted by Gasteiger charge is -2.28. The van der Waals surface area contributed by atoms with E-state index in [1.807, 2.05) is 28.8 Å². The molecular formula is C25H16BrN3O5S. The molecule has 2 amide bonds. The highest BCUT2D eigenvalue weighted by molar-refractivity contribution is 9.10. The largest absolute Gasteiger partial charge is 0.475 e.